The number of hydrogen-bond donors (Lipinski definition) is 0. The molecule has 144 valence electrons. The quantitative estimate of drug-likeness (QED) is 0.250. The number of carbonyl (C=O) groups excluding carboxylic acids is 1. The smallest absolute Gasteiger partial charge is 0.348 e. The van der Waals surface area contributed by atoms with E-state index in [1.54, 1.807) is 13.0 Å². The third-order valence-electron chi connectivity index (χ3n) is 6.18. The normalized spacial score (nSPS) is 42.0. The van der Waals surface area contributed by atoms with Gasteiger partial charge in [0.15, 0.2) is 11.4 Å². The first-order valence-electron chi connectivity index (χ1n) is 9.47. The van der Waals surface area contributed by atoms with E-state index in [9.17, 15) is 10.1 Å². The first-order chi connectivity index (χ1) is 12.6. The van der Waals surface area contributed by atoms with Gasteiger partial charge in [-0.2, -0.15) is 5.26 Å². The third kappa shape index (κ3) is 3.00. The summed E-state index contributed by atoms with van der Waals surface area (Å²) in [5, 5.41) is 9.53. The molecule has 0 amide bonds. The molecule has 0 aromatic rings. The minimum Gasteiger partial charge on any atom is -0.462 e. The highest BCUT2D eigenvalue weighted by molar-refractivity contribution is 5.93. The number of nitrogens with zero attached hydrogens (tertiary/aromatic N) is 1. The van der Waals surface area contributed by atoms with E-state index >= 15 is 0 Å². The van der Waals surface area contributed by atoms with E-state index in [0.29, 0.717) is 0 Å². The summed E-state index contributed by atoms with van der Waals surface area (Å²) in [5.41, 5.74) is -1.17. The maximum atomic E-state index is 12.2. The molecule has 0 aromatic heterocycles. The predicted octanol–water partition coefficient (Wildman–Crippen LogP) is 3.37. The Morgan fingerprint density at radius 2 is 2.15 bits per heavy atom. The summed E-state index contributed by atoms with van der Waals surface area (Å²) >= 11 is 0. The summed E-state index contributed by atoms with van der Waals surface area (Å²) < 4.78 is 17.3. The van der Waals surface area contributed by atoms with Crippen molar-refractivity contribution >= 4 is 5.97 Å². The summed E-state index contributed by atoms with van der Waals surface area (Å²) in [5.74, 6) is 1.86. The second-order valence-electron chi connectivity index (χ2n) is 8.27. The molecule has 5 heteroatoms. The Hall–Kier alpha value is -2.08. The van der Waals surface area contributed by atoms with Crippen molar-refractivity contribution in [2.45, 2.75) is 58.5 Å². The molecule has 1 aliphatic heterocycles. The Morgan fingerprint density at radius 3 is 2.74 bits per heavy atom. The number of nitriles is 1. The van der Waals surface area contributed by atoms with E-state index in [0.717, 1.165) is 6.42 Å². The number of carbonyl (C=O) groups is 1. The van der Waals surface area contributed by atoms with Gasteiger partial charge in [0, 0.05) is 11.3 Å². The largest absolute Gasteiger partial charge is 0.462 e. The zero-order valence-corrected chi connectivity index (χ0v) is 16.6. The monoisotopic (exact) mass is 369 g/mol. The fourth-order valence-electron chi connectivity index (χ4n) is 5.07. The highest BCUT2D eigenvalue weighted by Gasteiger charge is 2.73. The molecule has 3 rings (SSSR count). The highest BCUT2D eigenvalue weighted by atomic mass is 16.8. The molecule has 0 N–H and O–H groups in total. The van der Waals surface area contributed by atoms with Crippen LogP contribution in [-0.4, -0.2) is 30.1 Å². The molecule has 1 saturated carbocycles. The molecular weight excluding hydrogens is 342 g/mol. The van der Waals surface area contributed by atoms with Crippen molar-refractivity contribution < 1.29 is 19.0 Å². The van der Waals surface area contributed by atoms with Crippen LogP contribution in [0, 0.1) is 46.8 Å². The van der Waals surface area contributed by atoms with Gasteiger partial charge in [-0.3, -0.25) is 0 Å². The molecule has 27 heavy (non-hydrogen) atoms. The van der Waals surface area contributed by atoms with Crippen molar-refractivity contribution in [3.05, 3.63) is 23.8 Å². The predicted molar refractivity (Wildman–Crippen MR) is 99.9 cm³/mol. The van der Waals surface area contributed by atoms with Crippen LogP contribution in [0.25, 0.3) is 0 Å². The van der Waals surface area contributed by atoms with E-state index < -0.39 is 17.4 Å². The van der Waals surface area contributed by atoms with Gasteiger partial charge >= 0.3 is 5.97 Å². The Balaban J connectivity index is 2.02. The fourth-order valence-corrected chi connectivity index (χ4v) is 5.07. The van der Waals surface area contributed by atoms with Crippen LogP contribution in [0.2, 0.25) is 0 Å². The Kier molecular flexibility index (Phi) is 4.75. The van der Waals surface area contributed by atoms with Gasteiger partial charge < -0.3 is 14.2 Å². The van der Waals surface area contributed by atoms with E-state index in [1.165, 1.54) is 0 Å². The number of terminal acetylenes is 1. The molecule has 1 heterocycles. The topological polar surface area (TPSA) is 68.5 Å². The van der Waals surface area contributed by atoms with Crippen molar-refractivity contribution in [1.82, 2.24) is 0 Å². The van der Waals surface area contributed by atoms with Gasteiger partial charge in [0.1, 0.15) is 17.7 Å². The average Bonchev–Trinajstić information content (AvgIpc) is 3.19. The Labute approximate surface area is 161 Å². The second-order valence-corrected chi connectivity index (χ2v) is 8.27. The van der Waals surface area contributed by atoms with Crippen molar-refractivity contribution in [2.75, 3.05) is 6.61 Å². The highest BCUT2D eigenvalue weighted by Crippen LogP contribution is 2.72. The first-order valence-corrected chi connectivity index (χ1v) is 9.47. The molecule has 2 fully saturated rings. The summed E-state index contributed by atoms with van der Waals surface area (Å²) in [7, 11) is 0. The van der Waals surface area contributed by atoms with E-state index in [1.807, 2.05) is 26.8 Å². The Bertz CT molecular complexity index is 783. The number of hydrogen-bond acceptors (Lipinski definition) is 5. The van der Waals surface area contributed by atoms with Gasteiger partial charge in [0.05, 0.1) is 6.61 Å². The minimum atomic E-state index is -0.858. The molecular formula is C22H27NO4. The van der Waals surface area contributed by atoms with Crippen molar-refractivity contribution in [3.8, 4) is 18.4 Å². The van der Waals surface area contributed by atoms with E-state index in [4.69, 9.17) is 20.6 Å². The van der Waals surface area contributed by atoms with Crippen molar-refractivity contribution in [1.29, 1.82) is 5.26 Å². The molecule has 3 aliphatic rings. The molecule has 2 aliphatic carbocycles. The van der Waals surface area contributed by atoms with Gasteiger partial charge in [-0.15, -0.1) is 6.42 Å². The summed E-state index contributed by atoms with van der Waals surface area (Å²) in [6, 6.07) is 2.02. The lowest BCUT2D eigenvalue weighted by Gasteiger charge is -2.27. The zero-order valence-electron chi connectivity index (χ0n) is 16.6. The lowest BCUT2D eigenvalue weighted by molar-refractivity contribution is -0.154. The molecule has 0 aromatic carbocycles. The van der Waals surface area contributed by atoms with Crippen LogP contribution < -0.4 is 0 Å². The fraction of sp³-hybridized carbons (Fsp3) is 0.636. The number of allylic oxidation sites excluding steroid dienone is 3. The summed E-state index contributed by atoms with van der Waals surface area (Å²) in [6.07, 6.45) is 12.5. The SMILES string of the molecule is C#C[C@]1(C)OC(C)(C)O[C@H]1[C@H]1[C@H]2CC=C[C@@H](C)[C@]12/C=C(\C#N)C(=O)OCC. The lowest BCUT2D eigenvalue weighted by atomic mass is 9.80. The summed E-state index contributed by atoms with van der Waals surface area (Å²) in [6.45, 7) is 9.66. The van der Waals surface area contributed by atoms with Crippen molar-refractivity contribution in [2.24, 2.45) is 23.2 Å². The van der Waals surface area contributed by atoms with Gasteiger partial charge in [-0.1, -0.05) is 31.1 Å². The molecule has 6 atom stereocenters. The Morgan fingerprint density at radius 1 is 1.44 bits per heavy atom. The van der Waals surface area contributed by atoms with Crippen LogP contribution in [-0.2, 0) is 19.0 Å². The lowest BCUT2D eigenvalue weighted by Crippen LogP contribution is -2.38. The maximum absolute atomic E-state index is 12.2. The maximum Gasteiger partial charge on any atom is 0.348 e. The molecule has 0 unspecified atom stereocenters. The number of ether oxygens (including phenoxy) is 3. The molecule has 5 nitrogen and oxygen atoms in total. The van der Waals surface area contributed by atoms with Gasteiger partial charge in [0.2, 0.25) is 0 Å². The third-order valence-corrected chi connectivity index (χ3v) is 6.18. The van der Waals surface area contributed by atoms with Crippen LogP contribution in [0.1, 0.15) is 41.0 Å². The van der Waals surface area contributed by atoms with Crippen molar-refractivity contribution in [3.63, 3.8) is 0 Å². The van der Waals surface area contributed by atoms with E-state index in [2.05, 4.69) is 25.0 Å². The van der Waals surface area contributed by atoms with Gasteiger partial charge in [-0.05, 0) is 46.0 Å². The standard InChI is InChI=1S/C22H27NO4/c1-7-21(6)18(26-20(4,5)27-21)17-16-11-9-10-14(3)22(16,17)12-15(13-23)19(24)25-8-2/h1,9-10,12,14,16-18H,8,11H2,2-6H3/b15-12+/t14-,16-,17-,18+,21+,22+/m1/s1. The molecule has 0 radical (unpaired) electrons. The average molecular weight is 369 g/mol. The zero-order chi connectivity index (χ0) is 20.0. The van der Waals surface area contributed by atoms with Crippen LogP contribution in [0.4, 0.5) is 0 Å². The van der Waals surface area contributed by atoms with Gasteiger partial charge in [-0.25, -0.2) is 4.79 Å². The number of esters is 1. The van der Waals surface area contributed by atoms with Gasteiger partial charge in [0.25, 0.3) is 0 Å². The number of fused-ring (bicyclic) bond motifs is 1. The molecule has 1 saturated heterocycles. The van der Waals surface area contributed by atoms with Crippen LogP contribution in [0.5, 0.6) is 0 Å². The van der Waals surface area contributed by atoms with Crippen LogP contribution in [0.15, 0.2) is 23.8 Å². The second kappa shape index (κ2) is 6.51. The number of rotatable bonds is 4. The first kappa shape index (κ1) is 19.7. The minimum absolute atomic E-state index is 0.0482. The van der Waals surface area contributed by atoms with Crippen LogP contribution in [0.3, 0.4) is 0 Å². The molecule has 0 bridgehead atoms. The van der Waals surface area contributed by atoms with E-state index in [-0.39, 0.29) is 41.5 Å². The molecule has 0 spiro atoms. The summed E-state index contributed by atoms with van der Waals surface area (Å²) in [4.78, 5) is 12.2. The van der Waals surface area contributed by atoms with Crippen LogP contribution >= 0.6 is 0 Å².